The zero-order chi connectivity index (χ0) is 36.6. The summed E-state index contributed by atoms with van der Waals surface area (Å²) in [5.74, 6) is -0.570. The average Bonchev–Trinajstić information content (AvgIpc) is 3.01. The van der Waals surface area contributed by atoms with Crippen molar-refractivity contribution < 1.29 is 40.3 Å². The van der Waals surface area contributed by atoms with Crippen LogP contribution in [0.25, 0.3) is 10.9 Å². The second kappa shape index (κ2) is 13.9. The first-order valence-corrected chi connectivity index (χ1v) is 16.1. The Kier molecular flexibility index (Phi) is 10.6. The number of carbonyl (C=O) groups excluding carboxylic acids is 2. The fourth-order valence-electron chi connectivity index (χ4n) is 5.22. The van der Waals surface area contributed by atoms with Gasteiger partial charge in [-0.25, -0.2) is 9.18 Å². The third kappa shape index (κ3) is 7.20. The predicted molar refractivity (Wildman–Crippen MR) is 173 cm³/mol. The molecule has 1 atom stereocenters. The number of rotatable bonds is 9. The fourth-order valence-corrected chi connectivity index (χ4v) is 6.06. The first-order valence-electron chi connectivity index (χ1n) is 14.3. The van der Waals surface area contributed by atoms with Crippen LogP contribution in [0.1, 0.15) is 44.3 Å². The van der Waals surface area contributed by atoms with Gasteiger partial charge in [-0.1, -0.05) is 35.9 Å². The van der Waals surface area contributed by atoms with Crippen LogP contribution in [-0.4, -0.2) is 51.4 Å². The van der Waals surface area contributed by atoms with E-state index in [0.717, 1.165) is 11.6 Å². The minimum Gasteiger partial charge on any atom is -0.349 e. The van der Waals surface area contributed by atoms with Gasteiger partial charge in [0.05, 0.1) is 33.6 Å². The smallest absolute Gasteiger partial charge is 0.349 e. The van der Waals surface area contributed by atoms with Crippen LogP contribution in [0.3, 0.4) is 0 Å². The minimum absolute atomic E-state index is 0.000710. The first-order chi connectivity index (χ1) is 22.7. The van der Waals surface area contributed by atoms with E-state index in [0.29, 0.717) is 33.2 Å². The van der Waals surface area contributed by atoms with Crippen molar-refractivity contribution in [3.8, 4) is 0 Å². The standard InChI is InChI=1S/C32H28ClF7N4O4S/c1-16-12-18(8-10-23(16)42-26(45)20-6-5-7-22(33)25(20)27(46)41-17(2)15-49-4)14-44-24-11-9-19(13-21(24)28(47)43(3)29(44)48)30(34,31(35,36)37)32(38,39)40/h5-13,17H,14-15H2,1-4H3,(H,41,46)(H,42,45)/t17-/m0/s1. The van der Waals surface area contributed by atoms with E-state index in [1.165, 1.54) is 42.1 Å². The van der Waals surface area contributed by atoms with Crippen molar-refractivity contribution in [2.45, 2.75) is 44.5 Å². The molecule has 1 aromatic heterocycles. The lowest BCUT2D eigenvalue weighted by molar-refractivity contribution is -0.348. The molecule has 0 fully saturated rings. The monoisotopic (exact) mass is 732 g/mol. The number of nitrogens with zero attached hydrogens (tertiary/aromatic N) is 2. The number of hydrogen-bond donors (Lipinski definition) is 2. The molecule has 2 amide bonds. The van der Waals surface area contributed by atoms with Gasteiger partial charge in [0.2, 0.25) is 0 Å². The van der Waals surface area contributed by atoms with Gasteiger partial charge in [-0.3, -0.25) is 23.5 Å². The quantitative estimate of drug-likeness (QED) is 0.186. The Labute approximate surface area is 283 Å². The molecule has 8 nitrogen and oxygen atoms in total. The lowest BCUT2D eigenvalue weighted by Gasteiger charge is -2.30. The number of hydrogen-bond acceptors (Lipinski definition) is 5. The molecule has 1 heterocycles. The summed E-state index contributed by atoms with van der Waals surface area (Å²) in [6, 6.07) is 9.73. The molecule has 0 aliphatic heterocycles. The molecule has 0 aliphatic carbocycles. The first kappa shape index (κ1) is 37.5. The van der Waals surface area contributed by atoms with Gasteiger partial charge in [-0.15, -0.1) is 0 Å². The third-order valence-electron chi connectivity index (χ3n) is 7.68. The maximum absolute atomic E-state index is 14.8. The molecule has 0 bridgehead atoms. The Morgan fingerprint density at radius 1 is 0.939 bits per heavy atom. The molecule has 4 aromatic rings. The zero-order valence-electron chi connectivity index (χ0n) is 26.1. The number of fused-ring (bicyclic) bond motifs is 1. The van der Waals surface area contributed by atoms with E-state index < -0.39 is 52.0 Å². The highest BCUT2D eigenvalue weighted by molar-refractivity contribution is 7.98. The number of amides is 2. The lowest BCUT2D eigenvalue weighted by Crippen LogP contribution is -2.50. The number of halogens is 8. The highest BCUT2D eigenvalue weighted by atomic mass is 35.5. The lowest BCUT2D eigenvalue weighted by atomic mass is 9.93. The van der Waals surface area contributed by atoms with Crippen LogP contribution in [0.5, 0.6) is 0 Å². The topological polar surface area (TPSA) is 102 Å². The molecular formula is C32H28ClF7N4O4S. The zero-order valence-corrected chi connectivity index (χ0v) is 27.7. The van der Waals surface area contributed by atoms with E-state index in [1.807, 2.05) is 6.26 Å². The highest BCUT2D eigenvalue weighted by Crippen LogP contribution is 2.53. The summed E-state index contributed by atoms with van der Waals surface area (Å²) in [4.78, 5) is 52.2. The van der Waals surface area contributed by atoms with Crippen molar-refractivity contribution in [3.63, 3.8) is 0 Å². The number of aromatic nitrogens is 2. The van der Waals surface area contributed by atoms with E-state index in [2.05, 4.69) is 10.6 Å². The van der Waals surface area contributed by atoms with Crippen LogP contribution in [0.2, 0.25) is 5.02 Å². The predicted octanol–water partition coefficient (Wildman–Crippen LogP) is 6.73. The van der Waals surface area contributed by atoms with Crippen molar-refractivity contribution in [1.29, 1.82) is 0 Å². The van der Waals surface area contributed by atoms with Crippen molar-refractivity contribution in [2.75, 3.05) is 17.3 Å². The summed E-state index contributed by atoms with van der Waals surface area (Å²) in [6.07, 6.45) is -10.9. The van der Waals surface area contributed by atoms with Crippen LogP contribution in [0.4, 0.5) is 36.4 Å². The third-order valence-corrected chi connectivity index (χ3v) is 8.83. The van der Waals surface area contributed by atoms with Gasteiger partial charge in [-0.05, 0) is 61.6 Å². The normalized spacial score (nSPS) is 13.0. The second-order valence-electron chi connectivity index (χ2n) is 11.2. The molecule has 0 saturated heterocycles. The fraction of sp³-hybridized carbons (Fsp3) is 0.312. The van der Waals surface area contributed by atoms with Crippen molar-refractivity contribution in [3.05, 3.63) is 108 Å². The SMILES string of the molecule is CSC[C@H](C)NC(=O)c1c(Cl)cccc1C(=O)Nc1ccc(Cn2c(=O)n(C)c(=O)c3cc(C(F)(C(F)(F)F)C(F)(F)F)ccc32)cc1C. The number of aryl methyl sites for hydroxylation is 1. The molecule has 3 aromatic carbocycles. The van der Waals surface area contributed by atoms with Gasteiger partial charge in [0.1, 0.15) is 0 Å². The molecule has 49 heavy (non-hydrogen) atoms. The Morgan fingerprint density at radius 2 is 1.59 bits per heavy atom. The molecule has 4 rings (SSSR count). The van der Waals surface area contributed by atoms with Crippen LogP contribution in [0, 0.1) is 6.92 Å². The van der Waals surface area contributed by atoms with Crippen LogP contribution in [-0.2, 0) is 19.3 Å². The van der Waals surface area contributed by atoms with Gasteiger partial charge < -0.3 is 10.6 Å². The highest BCUT2D eigenvalue weighted by Gasteiger charge is 2.73. The maximum atomic E-state index is 14.8. The number of carbonyl (C=O) groups is 2. The van der Waals surface area contributed by atoms with Crippen LogP contribution in [0.15, 0.2) is 64.2 Å². The average molecular weight is 733 g/mol. The van der Waals surface area contributed by atoms with Crippen molar-refractivity contribution in [2.24, 2.45) is 7.05 Å². The molecule has 0 radical (unpaired) electrons. The second-order valence-corrected chi connectivity index (χ2v) is 12.5. The maximum Gasteiger partial charge on any atom is 0.435 e. The minimum atomic E-state index is -6.40. The van der Waals surface area contributed by atoms with E-state index in [-0.39, 0.29) is 46.4 Å². The number of benzene rings is 3. The number of nitrogens with one attached hydrogen (secondary N) is 2. The van der Waals surface area contributed by atoms with Gasteiger partial charge >= 0.3 is 23.7 Å². The Balaban J connectivity index is 1.69. The van der Waals surface area contributed by atoms with Crippen molar-refractivity contribution >= 4 is 51.8 Å². The molecular weight excluding hydrogens is 705 g/mol. The van der Waals surface area contributed by atoms with Gasteiger partial charge in [0.15, 0.2) is 0 Å². The molecule has 0 saturated carbocycles. The largest absolute Gasteiger partial charge is 0.435 e. The van der Waals surface area contributed by atoms with E-state index in [1.54, 1.807) is 19.9 Å². The molecule has 17 heteroatoms. The van der Waals surface area contributed by atoms with E-state index in [9.17, 15) is 49.9 Å². The summed E-state index contributed by atoms with van der Waals surface area (Å²) in [5.41, 5.74) is -9.03. The summed E-state index contributed by atoms with van der Waals surface area (Å²) in [6.45, 7) is 3.09. The van der Waals surface area contributed by atoms with E-state index in [4.69, 9.17) is 11.6 Å². The number of anilines is 1. The molecule has 0 aliphatic rings. The Morgan fingerprint density at radius 3 is 2.18 bits per heavy atom. The van der Waals surface area contributed by atoms with Crippen molar-refractivity contribution in [1.82, 2.24) is 14.5 Å². The summed E-state index contributed by atoms with van der Waals surface area (Å²) < 4.78 is 96.6. The molecule has 2 N–H and O–H groups in total. The Bertz CT molecular complexity index is 2050. The van der Waals surface area contributed by atoms with Crippen LogP contribution >= 0.6 is 23.4 Å². The summed E-state index contributed by atoms with van der Waals surface area (Å²) >= 11 is 7.82. The Hall–Kier alpha value is -4.31. The number of thioether (sulfide) groups is 1. The van der Waals surface area contributed by atoms with Crippen LogP contribution < -0.4 is 21.9 Å². The van der Waals surface area contributed by atoms with Gasteiger partial charge in [0, 0.05) is 30.1 Å². The summed E-state index contributed by atoms with van der Waals surface area (Å²) in [7, 11) is 0.973. The van der Waals surface area contributed by atoms with Gasteiger partial charge in [-0.2, -0.15) is 38.1 Å². The van der Waals surface area contributed by atoms with E-state index >= 15 is 0 Å². The molecule has 262 valence electrons. The number of alkyl halides is 7. The molecule has 0 unspecified atom stereocenters. The summed E-state index contributed by atoms with van der Waals surface area (Å²) in [5, 5.41) is 4.81. The van der Waals surface area contributed by atoms with Gasteiger partial charge in [0.25, 0.3) is 17.4 Å². The molecule has 0 spiro atoms.